The summed E-state index contributed by atoms with van der Waals surface area (Å²) in [6, 6.07) is 15.6. The third kappa shape index (κ3) is 3.58. The van der Waals surface area contributed by atoms with Crippen LogP contribution in [0.25, 0.3) is 0 Å². The molecule has 0 spiro atoms. The summed E-state index contributed by atoms with van der Waals surface area (Å²) in [4.78, 5) is 0. The summed E-state index contributed by atoms with van der Waals surface area (Å²) in [5.41, 5.74) is 1.04. The number of halogens is 1. The van der Waals surface area contributed by atoms with Crippen molar-refractivity contribution in [2.45, 2.75) is 18.9 Å². The first-order valence-corrected chi connectivity index (χ1v) is 6.92. The topological polar surface area (TPSA) is 29.5 Å². The van der Waals surface area contributed by atoms with E-state index in [1.165, 1.54) is 0 Å². The van der Waals surface area contributed by atoms with Crippen molar-refractivity contribution in [2.75, 3.05) is 7.11 Å². The smallest absolute Gasteiger partial charge is 0.119 e. The van der Waals surface area contributed by atoms with E-state index in [1.807, 2.05) is 55.5 Å². The minimum Gasteiger partial charge on any atom is -0.497 e. The lowest BCUT2D eigenvalue weighted by Gasteiger charge is -2.24. The highest BCUT2D eigenvalue weighted by atomic mass is 79.9. The second-order valence-corrected chi connectivity index (χ2v) is 5.72. The molecule has 0 aliphatic carbocycles. The summed E-state index contributed by atoms with van der Waals surface area (Å²) < 4.78 is 6.24. The molecule has 0 saturated heterocycles. The number of benzene rings is 2. The molecule has 2 nitrogen and oxygen atoms in total. The van der Waals surface area contributed by atoms with E-state index in [2.05, 4.69) is 15.9 Å². The maximum absolute atomic E-state index is 10.7. The van der Waals surface area contributed by atoms with Gasteiger partial charge in [0.25, 0.3) is 0 Å². The van der Waals surface area contributed by atoms with Crippen LogP contribution in [0.15, 0.2) is 53.0 Å². The SMILES string of the molecule is COc1cccc(C(C)(O)Cc2ccc(Br)cc2)c1. The Morgan fingerprint density at radius 3 is 2.47 bits per heavy atom. The predicted octanol–water partition coefficient (Wildman–Crippen LogP) is 3.91. The Labute approximate surface area is 122 Å². The summed E-state index contributed by atoms with van der Waals surface area (Å²) in [6.45, 7) is 1.82. The lowest BCUT2D eigenvalue weighted by molar-refractivity contribution is 0.0574. The largest absolute Gasteiger partial charge is 0.497 e. The van der Waals surface area contributed by atoms with E-state index in [0.29, 0.717) is 6.42 Å². The Morgan fingerprint density at radius 2 is 1.84 bits per heavy atom. The molecule has 100 valence electrons. The van der Waals surface area contributed by atoms with Gasteiger partial charge in [-0.25, -0.2) is 0 Å². The summed E-state index contributed by atoms with van der Waals surface area (Å²) in [7, 11) is 1.63. The van der Waals surface area contributed by atoms with Gasteiger partial charge in [0.15, 0.2) is 0 Å². The second-order valence-electron chi connectivity index (χ2n) is 4.81. The fraction of sp³-hybridized carbons (Fsp3) is 0.250. The van der Waals surface area contributed by atoms with Crippen molar-refractivity contribution in [3.05, 3.63) is 64.1 Å². The van der Waals surface area contributed by atoms with Crippen LogP contribution in [0.5, 0.6) is 5.75 Å². The lowest BCUT2D eigenvalue weighted by Crippen LogP contribution is -2.24. The van der Waals surface area contributed by atoms with Crippen LogP contribution in [-0.2, 0) is 12.0 Å². The Kier molecular flexibility index (Phi) is 4.27. The molecular weight excluding hydrogens is 304 g/mol. The number of hydrogen-bond donors (Lipinski definition) is 1. The van der Waals surface area contributed by atoms with Crippen LogP contribution in [0.4, 0.5) is 0 Å². The normalized spacial score (nSPS) is 13.9. The van der Waals surface area contributed by atoms with Crippen molar-refractivity contribution in [3.63, 3.8) is 0 Å². The molecule has 1 atom stereocenters. The van der Waals surface area contributed by atoms with E-state index in [9.17, 15) is 5.11 Å². The third-order valence-corrected chi connectivity index (χ3v) is 3.68. The predicted molar refractivity (Wildman–Crippen MR) is 80.4 cm³/mol. The fourth-order valence-electron chi connectivity index (χ4n) is 2.06. The van der Waals surface area contributed by atoms with Gasteiger partial charge >= 0.3 is 0 Å². The van der Waals surface area contributed by atoms with Gasteiger partial charge < -0.3 is 9.84 Å². The molecular formula is C16H17BrO2. The second kappa shape index (κ2) is 5.76. The first kappa shape index (κ1) is 14.1. The van der Waals surface area contributed by atoms with E-state index < -0.39 is 5.60 Å². The maximum Gasteiger partial charge on any atom is 0.119 e. The zero-order valence-electron chi connectivity index (χ0n) is 11.1. The molecule has 0 fully saturated rings. The number of aliphatic hydroxyl groups is 1. The van der Waals surface area contributed by atoms with Crippen LogP contribution >= 0.6 is 15.9 Å². The van der Waals surface area contributed by atoms with Gasteiger partial charge in [-0.3, -0.25) is 0 Å². The highest BCUT2D eigenvalue weighted by Gasteiger charge is 2.23. The Bertz CT molecular complexity index is 547. The van der Waals surface area contributed by atoms with Crippen LogP contribution in [-0.4, -0.2) is 12.2 Å². The molecule has 1 unspecified atom stereocenters. The van der Waals surface area contributed by atoms with Crippen LogP contribution in [0.3, 0.4) is 0 Å². The lowest BCUT2D eigenvalue weighted by atomic mass is 9.89. The molecule has 0 radical (unpaired) electrons. The number of ether oxygens (including phenoxy) is 1. The zero-order valence-corrected chi connectivity index (χ0v) is 12.6. The summed E-state index contributed by atoms with van der Waals surface area (Å²) >= 11 is 3.41. The first-order valence-electron chi connectivity index (χ1n) is 6.12. The molecule has 2 rings (SSSR count). The van der Waals surface area contributed by atoms with Gasteiger partial charge in [-0.2, -0.15) is 0 Å². The number of rotatable bonds is 4. The highest BCUT2D eigenvalue weighted by molar-refractivity contribution is 9.10. The van der Waals surface area contributed by atoms with Crippen molar-refractivity contribution >= 4 is 15.9 Å². The van der Waals surface area contributed by atoms with Crippen molar-refractivity contribution in [1.29, 1.82) is 0 Å². The Morgan fingerprint density at radius 1 is 1.16 bits per heavy atom. The molecule has 0 aliphatic rings. The van der Waals surface area contributed by atoms with Gasteiger partial charge in [0.2, 0.25) is 0 Å². The highest BCUT2D eigenvalue weighted by Crippen LogP contribution is 2.28. The molecule has 3 heteroatoms. The van der Waals surface area contributed by atoms with Crippen molar-refractivity contribution in [3.8, 4) is 5.75 Å². The van der Waals surface area contributed by atoms with E-state index in [-0.39, 0.29) is 0 Å². The van der Waals surface area contributed by atoms with Crippen molar-refractivity contribution < 1.29 is 9.84 Å². The van der Waals surface area contributed by atoms with Gasteiger partial charge in [0.05, 0.1) is 12.7 Å². The van der Waals surface area contributed by atoms with Crippen molar-refractivity contribution in [2.24, 2.45) is 0 Å². The zero-order chi connectivity index (χ0) is 13.9. The average molecular weight is 321 g/mol. The quantitative estimate of drug-likeness (QED) is 0.925. The molecule has 0 amide bonds. The summed E-state index contributed by atoms with van der Waals surface area (Å²) in [5.74, 6) is 0.758. The number of hydrogen-bond acceptors (Lipinski definition) is 2. The molecule has 0 aliphatic heterocycles. The van der Waals surface area contributed by atoms with Gasteiger partial charge in [-0.1, -0.05) is 40.2 Å². The van der Waals surface area contributed by atoms with Crippen LogP contribution < -0.4 is 4.74 Å². The summed E-state index contributed by atoms with van der Waals surface area (Å²) in [6.07, 6.45) is 0.563. The van der Waals surface area contributed by atoms with Gasteiger partial charge in [-0.05, 0) is 42.3 Å². The third-order valence-electron chi connectivity index (χ3n) is 3.15. The van der Waals surface area contributed by atoms with E-state index in [1.54, 1.807) is 7.11 Å². The molecule has 0 aromatic heterocycles. The molecule has 19 heavy (non-hydrogen) atoms. The van der Waals surface area contributed by atoms with Crippen molar-refractivity contribution in [1.82, 2.24) is 0 Å². The van der Waals surface area contributed by atoms with Crippen LogP contribution in [0.1, 0.15) is 18.1 Å². The fourth-order valence-corrected chi connectivity index (χ4v) is 2.32. The van der Waals surface area contributed by atoms with Crippen LogP contribution in [0, 0.1) is 0 Å². The van der Waals surface area contributed by atoms with E-state index >= 15 is 0 Å². The molecule has 0 saturated carbocycles. The van der Waals surface area contributed by atoms with Gasteiger partial charge in [0.1, 0.15) is 5.75 Å². The average Bonchev–Trinajstić information content (AvgIpc) is 2.41. The Hall–Kier alpha value is -1.32. The molecule has 2 aromatic rings. The monoisotopic (exact) mass is 320 g/mol. The van der Waals surface area contributed by atoms with E-state index in [0.717, 1.165) is 21.3 Å². The molecule has 0 heterocycles. The first-order chi connectivity index (χ1) is 9.01. The molecule has 1 N–H and O–H groups in total. The van der Waals surface area contributed by atoms with Crippen LogP contribution in [0.2, 0.25) is 0 Å². The molecule has 0 bridgehead atoms. The minimum atomic E-state index is -0.914. The minimum absolute atomic E-state index is 0.563. The molecule has 2 aromatic carbocycles. The van der Waals surface area contributed by atoms with E-state index in [4.69, 9.17) is 4.74 Å². The number of methoxy groups -OCH3 is 1. The summed E-state index contributed by atoms with van der Waals surface area (Å²) in [5, 5.41) is 10.7. The van der Waals surface area contributed by atoms with Gasteiger partial charge in [-0.15, -0.1) is 0 Å². The Balaban J connectivity index is 2.23. The van der Waals surface area contributed by atoms with Gasteiger partial charge in [0, 0.05) is 10.9 Å². The maximum atomic E-state index is 10.7. The standard InChI is InChI=1S/C16H17BrO2/c1-16(18,11-12-6-8-14(17)9-7-12)13-4-3-5-15(10-13)19-2/h3-10,18H,11H2,1-2H3.